The van der Waals surface area contributed by atoms with E-state index in [1.54, 1.807) is 7.11 Å². The van der Waals surface area contributed by atoms with Crippen molar-refractivity contribution in [3.8, 4) is 0 Å². The second kappa shape index (κ2) is 3.35. The number of rotatable bonds is 3. The highest BCUT2D eigenvalue weighted by atomic mass is 16.5. The molecular weight excluding hydrogens is 126 g/mol. The molecule has 0 atom stereocenters. The van der Waals surface area contributed by atoms with E-state index in [1.165, 1.54) is 12.8 Å². The van der Waals surface area contributed by atoms with E-state index in [2.05, 4.69) is 19.2 Å². The summed E-state index contributed by atoms with van der Waals surface area (Å²) in [6, 6.07) is 1.33. The minimum atomic E-state index is 0.524. The van der Waals surface area contributed by atoms with Crippen LogP contribution in [0.5, 0.6) is 0 Å². The molecule has 0 spiro atoms. The van der Waals surface area contributed by atoms with Gasteiger partial charge in [0.2, 0.25) is 0 Å². The monoisotopic (exact) mass is 143 g/mol. The quantitative estimate of drug-likeness (QED) is 0.640. The summed E-state index contributed by atoms with van der Waals surface area (Å²) in [7, 11) is 1.79. The molecule has 1 aliphatic carbocycles. The van der Waals surface area contributed by atoms with Crippen molar-refractivity contribution in [3.63, 3.8) is 0 Å². The highest BCUT2D eigenvalue weighted by Crippen LogP contribution is 2.22. The normalized spacial score (nSPS) is 32.4. The fraction of sp³-hybridized carbons (Fsp3) is 1.00. The van der Waals surface area contributed by atoms with Crippen molar-refractivity contribution >= 4 is 0 Å². The molecule has 1 fully saturated rings. The van der Waals surface area contributed by atoms with Crippen molar-refractivity contribution in [2.24, 2.45) is 0 Å². The number of methoxy groups -OCH3 is 1. The number of hydrogen-bond donors (Lipinski definition) is 1. The number of nitrogens with one attached hydrogen (secondary N) is 1. The average Bonchev–Trinajstić information content (AvgIpc) is 1.76. The molecule has 0 aromatic carbocycles. The Morgan fingerprint density at radius 2 is 2.00 bits per heavy atom. The fourth-order valence-electron chi connectivity index (χ4n) is 1.37. The van der Waals surface area contributed by atoms with E-state index in [1.807, 2.05) is 0 Å². The Kier molecular flexibility index (Phi) is 2.69. The van der Waals surface area contributed by atoms with Crippen LogP contribution in [0, 0.1) is 0 Å². The molecule has 0 unspecified atom stereocenters. The summed E-state index contributed by atoms with van der Waals surface area (Å²) < 4.78 is 5.16. The Balaban J connectivity index is 2.03. The van der Waals surface area contributed by atoms with E-state index in [0.717, 1.165) is 0 Å². The van der Waals surface area contributed by atoms with Crippen LogP contribution in [0.15, 0.2) is 0 Å². The van der Waals surface area contributed by atoms with Gasteiger partial charge in [-0.2, -0.15) is 0 Å². The summed E-state index contributed by atoms with van der Waals surface area (Å²) in [5.74, 6) is 0. The molecule has 60 valence electrons. The Labute approximate surface area is 63.0 Å². The van der Waals surface area contributed by atoms with E-state index >= 15 is 0 Å². The summed E-state index contributed by atoms with van der Waals surface area (Å²) in [5, 5.41) is 3.46. The Hall–Kier alpha value is -0.0800. The van der Waals surface area contributed by atoms with Crippen LogP contribution < -0.4 is 5.32 Å². The van der Waals surface area contributed by atoms with Crippen molar-refractivity contribution < 1.29 is 4.74 Å². The lowest BCUT2D eigenvalue weighted by molar-refractivity contribution is 0.0154. The Bertz CT molecular complexity index is 97.4. The average molecular weight is 143 g/mol. The third-order valence-corrected chi connectivity index (χ3v) is 2.00. The minimum Gasteiger partial charge on any atom is -0.381 e. The highest BCUT2D eigenvalue weighted by molar-refractivity contribution is 4.86. The zero-order valence-electron chi connectivity index (χ0n) is 7.05. The van der Waals surface area contributed by atoms with Gasteiger partial charge in [-0.15, -0.1) is 0 Å². The lowest BCUT2D eigenvalue weighted by Gasteiger charge is -2.36. The summed E-state index contributed by atoms with van der Waals surface area (Å²) in [6.07, 6.45) is 2.90. The van der Waals surface area contributed by atoms with Crippen LogP contribution in [0.1, 0.15) is 26.7 Å². The van der Waals surface area contributed by atoms with Crippen LogP contribution in [0.25, 0.3) is 0 Å². The third-order valence-electron chi connectivity index (χ3n) is 2.00. The molecule has 2 nitrogen and oxygen atoms in total. The molecule has 1 saturated carbocycles. The molecule has 10 heavy (non-hydrogen) atoms. The Morgan fingerprint density at radius 3 is 2.40 bits per heavy atom. The first kappa shape index (κ1) is 8.02. The van der Waals surface area contributed by atoms with E-state index < -0.39 is 0 Å². The number of hydrogen-bond acceptors (Lipinski definition) is 2. The second-order valence-corrected chi connectivity index (χ2v) is 3.35. The van der Waals surface area contributed by atoms with Gasteiger partial charge in [-0.3, -0.25) is 0 Å². The molecule has 1 aliphatic rings. The topological polar surface area (TPSA) is 21.3 Å². The molecule has 0 bridgehead atoms. The Morgan fingerprint density at radius 1 is 1.40 bits per heavy atom. The van der Waals surface area contributed by atoms with E-state index in [-0.39, 0.29) is 0 Å². The van der Waals surface area contributed by atoms with Crippen molar-refractivity contribution in [2.45, 2.75) is 44.9 Å². The van der Waals surface area contributed by atoms with Crippen LogP contribution in [-0.4, -0.2) is 25.3 Å². The summed E-state index contributed by atoms with van der Waals surface area (Å²) in [6.45, 7) is 4.36. The SMILES string of the molecule is COC1CC(NC(C)C)C1. The van der Waals surface area contributed by atoms with E-state index in [0.29, 0.717) is 18.2 Å². The van der Waals surface area contributed by atoms with Gasteiger partial charge in [-0.05, 0) is 12.8 Å². The largest absolute Gasteiger partial charge is 0.381 e. The van der Waals surface area contributed by atoms with Gasteiger partial charge in [0, 0.05) is 19.2 Å². The van der Waals surface area contributed by atoms with E-state index in [4.69, 9.17) is 4.74 Å². The standard InChI is InChI=1S/C8H17NO/c1-6(2)9-7-4-8(5-7)10-3/h6-9H,4-5H2,1-3H3. The summed E-state index contributed by atoms with van der Waals surface area (Å²) in [5.41, 5.74) is 0. The van der Waals surface area contributed by atoms with Gasteiger partial charge in [0.1, 0.15) is 0 Å². The van der Waals surface area contributed by atoms with Gasteiger partial charge in [0.15, 0.2) is 0 Å². The van der Waals surface area contributed by atoms with Gasteiger partial charge in [-0.25, -0.2) is 0 Å². The predicted octanol–water partition coefficient (Wildman–Crippen LogP) is 1.16. The van der Waals surface area contributed by atoms with E-state index in [9.17, 15) is 0 Å². The summed E-state index contributed by atoms with van der Waals surface area (Å²) >= 11 is 0. The third kappa shape index (κ3) is 1.96. The van der Waals surface area contributed by atoms with Crippen LogP contribution >= 0.6 is 0 Å². The zero-order chi connectivity index (χ0) is 7.56. The lowest BCUT2D eigenvalue weighted by Crippen LogP contribution is -2.47. The van der Waals surface area contributed by atoms with Gasteiger partial charge >= 0.3 is 0 Å². The maximum Gasteiger partial charge on any atom is 0.0601 e. The molecule has 0 aliphatic heterocycles. The molecule has 0 aromatic heterocycles. The first-order valence-corrected chi connectivity index (χ1v) is 4.01. The zero-order valence-corrected chi connectivity index (χ0v) is 7.05. The van der Waals surface area contributed by atoms with Gasteiger partial charge in [-0.1, -0.05) is 13.8 Å². The lowest BCUT2D eigenvalue weighted by atomic mass is 9.89. The van der Waals surface area contributed by atoms with Crippen molar-refractivity contribution in [1.29, 1.82) is 0 Å². The molecule has 1 rings (SSSR count). The van der Waals surface area contributed by atoms with Gasteiger partial charge in [0.05, 0.1) is 6.10 Å². The molecule has 0 heterocycles. The molecule has 0 radical (unpaired) electrons. The first-order valence-electron chi connectivity index (χ1n) is 4.01. The van der Waals surface area contributed by atoms with Crippen LogP contribution in [0.2, 0.25) is 0 Å². The minimum absolute atomic E-state index is 0.524. The van der Waals surface area contributed by atoms with Crippen LogP contribution in [-0.2, 0) is 4.74 Å². The molecule has 2 heteroatoms. The highest BCUT2D eigenvalue weighted by Gasteiger charge is 2.28. The van der Waals surface area contributed by atoms with Crippen molar-refractivity contribution in [1.82, 2.24) is 5.32 Å². The first-order chi connectivity index (χ1) is 4.72. The van der Waals surface area contributed by atoms with Crippen molar-refractivity contribution in [2.75, 3.05) is 7.11 Å². The number of ether oxygens (including phenoxy) is 1. The predicted molar refractivity (Wildman–Crippen MR) is 42.1 cm³/mol. The van der Waals surface area contributed by atoms with Crippen LogP contribution in [0.3, 0.4) is 0 Å². The van der Waals surface area contributed by atoms with Crippen LogP contribution in [0.4, 0.5) is 0 Å². The molecule has 0 aromatic rings. The molecule has 0 amide bonds. The second-order valence-electron chi connectivity index (χ2n) is 3.35. The fourth-order valence-corrected chi connectivity index (χ4v) is 1.37. The molecule has 1 N–H and O–H groups in total. The van der Waals surface area contributed by atoms with Crippen molar-refractivity contribution in [3.05, 3.63) is 0 Å². The molecular formula is C8H17NO. The van der Waals surface area contributed by atoms with Gasteiger partial charge < -0.3 is 10.1 Å². The maximum absolute atomic E-state index is 5.16. The summed E-state index contributed by atoms with van der Waals surface area (Å²) in [4.78, 5) is 0. The maximum atomic E-state index is 5.16. The van der Waals surface area contributed by atoms with Gasteiger partial charge in [0.25, 0.3) is 0 Å². The smallest absolute Gasteiger partial charge is 0.0601 e. The molecule has 0 saturated heterocycles.